The maximum Gasteiger partial charge on any atom is 0.172 e. The van der Waals surface area contributed by atoms with E-state index in [9.17, 15) is 0 Å². The highest BCUT2D eigenvalue weighted by atomic mass is 35.5. The molecule has 0 amide bonds. The van der Waals surface area contributed by atoms with E-state index in [4.69, 9.17) is 31.5 Å². The number of aromatic amines is 1. The van der Waals surface area contributed by atoms with E-state index in [2.05, 4.69) is 15.2 Å². The number of nitrogens with one attached hydrogen (secondary N) is 1. The lowest BCUT2D eigenvalue weighted by Crippen LogP contribution is -2.14. The molecule has 0 aliphatic carbocycles. The van der Waals surface area contributed by atoms with E-state index in [1.165, 1.54) is 0 Å². The fourth-order valence-corrected chi connectivity index (χ4v) is 2.73. The number of hydrogen-bond acceptors (Lipinski definition) is 6. The van der Waals surface area contributed by atoms with Gasteiger partial charge in [0.2, 0.25) is 0 Å². The number of benzene rings is 2. The van der Waals surface area contributed by atoms with Gasteiger partial charge in [0.25, 0.3) is 0 Å². The molecule has 2 aromatic carbocycles. The number of hydrogen-bond donors (Lipinski definition) is 2. The zero-order valence-electron chi connectivity index (χ0n) is 15.8. The van der Waals surface area contributed by atoms with Crippen molar-refractivity contribution in [1.82, 2.24) is 15.2 Å². The van der Waals surface area contributed by atoms with Gasteiger partial charge in [0, 0.05) is 5.02 Å². The highest BCUT2D eigenvalue weighted by Crippen LogP contribution is 2.31. The molecule has 3 rings (SSSR count). The first-order valence-corrected chi connectivity index (χ1v) is 9.43. The molecule has 0 bridgehead atoms. The van der Waals surface area contributed by atoms with Gasteiger partial charge in [0.1, 0.15) is 12.4 Å². The van der Waals surface area contributed by atoms with Crippen LogP contribution in [-0.2, 0) is 6.61 Å². The van der Waals surface area contributed by atoms with Crippen LogP contribution in [0, 0.1) is 0 Å². The molecule has 0 saturated heterocycles. The number of nitrogens with two attached hydrogens (primary N) is 1. The molecule has 0 aliphatic rings. The lowest BCUT2D eigenvalue weighted by Gasteiger charge is -2.14. The van der Waals surface area contributed by atoms with Crippen LogP contribution in [0.15, 0.2) is 42.5 Å². The standard InChI is InChI=1S/C20H23ClN4O3/c1-3-26-16-10-5-13(11-17(16)27-4-2)19(22)20-23-18(24-25-20)12-28-15-8-6-14(21)7-9-15/h5-11,19H,3-4,12,22H2,1-2H3,(H,23,24,25)/t19-/m0/s1. The van der Waals surface area contributed by atoms with Gasteiger partial charge in [0.15, 0.2) is 23.1 Å². The molecular weight excluding hydrogens is 380 g/mol. The van der Waals surface area contributed by atoms with Gasteiger partial charge in [-0.2, -0.15) is 5.10 Å². The van der Waals surface area contributed by atoms with Gasteiger partial charge in [-0.05, 0) is 55.8 Å². The van der Waals surface area contributed by atoms with Crippen LogP contribution in [0.3, 0.4) is 0 Å². The Bertz CT molecular complexity index is 899. The molecule has 1 atom stereocenters. The molecule has 0 unspecified atom stereocenters. The summed E-state index contributed by atoms with van der Waals surface area (Å²) in [6.07, 6.45) is 0. The quantitative estimate of drug-likeness (QED) is 0.563. The predicted molar refractivity (Wildman–Crippen MR) is 107 cm³/mol. The first-order chi connectivity index (χ1) is 13.6. The van der Waals surface area contributed by atoms with Crippen molar-refractivity contribution in [3.05, 3.63) is 64.7 Å². The second kappa shape index (κ2) is 9.43. The van der Waals surface area contributed by atoms with E-state index in [1.54, 1.807) is 24.3 Å². The van der Waals surface area contributed by atoms with Gasteiger partial charge >= 0.3 is 0 Å². The van der Waals surface area contributed by atoms with Crippen molar-refractivity contribution in [3.8, 4) is 17.2 Å². The molecule has 1 aromatic heterocycles. The van der Waals surface area contributed by atoms with Crippen molar-refractivity contribution >= 4 is 11.6 Å². The second-order valence-electron chi connectivity index (χ2n) is 5.93. The smallest absolute Gasteiger partial charge is 0.172 e. The van der Waals surface area contributed by atoms with Crippen LogP contribution in [0.25, 0.3) is 0 Å². The normalized spacial score (nSPS) is 11.9. The monoisotopic (exact) mass is 402 g/mol. The summed E-state index contributed by atoms with van der Waals surface area (Å²) in [6.45, 7) is 5.19. The van der Waals surface area contributed by atoms with Gasteiger partial charge in [-0.15, -0.1) is 0 Å². The summed E-state index contributed by atoms with van der Waals surface area (Å²) in [6, 6.07) is 12.2. The molecule has 0 saturated carbocycles. The number of rotatable bonds is 9. The Balaban J connectivity index is 1.70. The highest BCUT2D eigenvalue weighted by Gasteiger charge is 2.17. The minimum Gasteiger partial charge on any atom is -0.490 e. The molecule has 0 fully saturated rings. The molecule has 0 aliphatic heterocycles. The van der Waals surface area contributed by atoms with E-state index in [-0.39, 0.29) is 6.61 Å². The van der Waals surface area contributed by atoms with Gasteiger partial charge < -0.3 is 19.9 Å². The Labute approximate surface area is 168 Å². The minimum atomic E-state index is -0.504. The predicted octanol–water partition coefficient (Wildman–Crippen LogP) is 3.88. The lowest BCUT2D eigenvalue weighted by atomic mass is 10.1. The number of aromatic nitrogens is 3. The molecule has 0 radical (unpaired) electrons. The zero-order valence-corrected chi connectivity index (χ0v) is 16.6. The number of ether oxygens (including phenoxy) is 3. The average Bonchev–Trinajstić information content (AvgIpc) is 3.18. The van der Waals surface area contributed by atoms with Crippen LogP contribution >= 0.6 is 11.6 Å². The van der Waals surface area contributed by atoms with Crippen LogP contribution in [0.4, 0.5) is 0 Å². The third kappa shape index (κ3) is 4.94. The summed E-state index contributed by atoms with van der Waals surface area (Å²) in [5.41, 5.74) is 7.18. The average molecular weight is 403 g/mol. The molecule has 0 spiro atoms. The highest BCUT2D eigenvalue weighted by molar-refractivity contribution is 6.30. The van der Waals surface area contributed by atoms with Crippen LogP contribution in [0.1, 0.15) is 37.1 Å². The maximum atomic E-state index is 6.35. The van der Waals surface area contributed by atoms with E-state index in [0.29, 0.717) is 47.1 Å². The topological polar surface area (TPSA) is 95.3 Å². The van der Waals surface area contributed by atoms with Crippen molar-refractivity contribution in [3.63, 3.8) is 0 Å². The number of nitrogens with zero attached hydrogens (tertiary/aromatic N) is 2. The molecular formula is C20H23ClN4O3. The number of H-pyrrole nitrogens is 1. The van der Waals surface area contributed by atoms with Gasteiger partial charge in [-0.1, -0.05) is 17.7 Å². The molecule has 7 nitrogen and oxygen atoms in total. The van der Waals surface area contributed by atoms with Crippen molar-refractivity contribution in [2.45, 2.75) is 26.5 Å². The SMILES string of the molecule is CCOc1ccc([C@H](N)c2n[nH]c(COc3ccc(Cl)cc3)n2)cc1OCC. The van der Waals surface area contributed by atoms with E-state index < -0.39 is 6.04 Å². The molecule has 3 N–H and O–H groups in total. The van der Waals surface area contributed by atoms with E-state index in [1.807, 2.05) is 32.0 Å². The van der Waals surface area contributed by atoms with Crippen LogP contribution in [-0.4, -0.2) is 28.4 Å². The van der Waals surface area contributed by atoms with Gasteiger partial charge in [0.05, 0.1) is 19.3 Å². The lowest BCUT2D eigenvalue weighted by molar-refractivity contribution is 0.287. The molecule has 8 heteroatoms. The first kappa shape index (κ1) is 20.0. The van der Waals surface area contributed by atoms with Crippen LogP contribution in [0.5, 0.6) is 17.2 Å². The largest absolute Gasteiger partial charge is 0.490 e. The zero-order chi connectivity index (χ0) is 19.9. The first-order valence-electron chi connectivity index (χ1n) is 9.05. The van der Waals surface area contributed by atoms with Crippen LogP contribution < -0.4 is 19.9 Å². The fraction of sp³-hybridized carbons (Fsp3) is 0.300. The Morgan fingerprint density at radius 3 is 2.43 bits per heavy atom. The van der Waals surface area contributed by atoms with E-state index in [0.717, 1.165) is 5.56 Å². The fourth-order valence-electron chi connectivity index (χ4n) is 2.61. The van der Waals surface area contributed by atoms with Crippen molar-refractivity contribution in [1.29, 1.82) is 0 Å². The molecule has 28 heavy (non-hydrogen) atoms. The van der Waals surface area contributed by atoms with Crippen LogP contribution in [0.2, 0.25) is 5.02 Å². The second-order valence-corrected chi connectivity index (χ2v) is 6.37. The summed E-state index contributed by atoms with van der Waals surface area (Å²) in [4.78, 5) is 4.44. The third-order valence-corrected chi connectivity index (χ3v) is 4.19. The Hall–Kier alpha value is -2.77. The van der Waals surface area contributed by atoms with Crippen molar-refractivity contribution < 1.29 is 14.2 Å². The van der Waals surface area contributed by atoms with Crippen molar-refractivity contribution in [2.24, 2.45) is 5.73 Å². The third-order valence-electron chi connectivity index (χ3n) is 3.94. The summed E-state index contributed by atoms with van der Waals surface area (Å²) >= 11 is 5.87. The summed E-state index contributed by atoms with van der Waals surface area (Å²) in [7, 11) is 0. The van der Waals surface area contributed by atoms with Crippen molar-refractivity contribution in [2.75, 3.05) is 13.2 Å². The summed E-state index contributed by atoms with van der Waals surface area (Å²) in [5.74, 6) is 3.09. The van der Waals surface area contributed by atoms with Gasteiger partial charge in [-0.25, -0.2) is 4.98 Å². The molecule has 148 valence electrons. The summed E-state index contributed by atoms with van der Waals surface area (Å²) in [5, 5.41) is 7.74. The summed E-state index contributed by atoms with van der Waals surface area (Å²) < 4.78 is 16.9. The Morgan fingerprint density at radius 2 is 1.71 bits per heavy atom. The Kier molecular flexibility index (Phi) is 6.73. The minimum absolute atomic E-state index is 0.245. The van der Waals surface area contributed by atoms with Gasteiger partial charge in [-0.3, -0.25) is 5.10 Å². The molecule has 1 heterocycles. The number of halogens is 1. The van der Waals surface area contributed by atoms with E-state index >= 15 is 0 Å². The maximum absolute atomic E-state index is 6.35. The molecule has 3 aromatic rings. The Morgan fingerprint density at radius 1 is 1.00 bits per heavy atom.